The van der Waals surface area contributed by atoms with E-state index in [0.29, 0.717) is 39.9 Å². The number of carbonyl (C=O) groups excluding carboxylic acids is 1. The summed E-state index contributed by atoms with van der Waals surface area (Å²) in [6.07, 6.45) is 3.23. The number of fused-ring (bicyclic) bond motifs is 4. The molecule has 9 nitrogen and oxygen atoms in total. The second-order valence-corrected chi connectivity index (χ2v) is 16.0. The van der Waals surface area contributed by atoms with Gasteiger partial charge in [-0.15, -0.1) is 0 Å². The molecule has 278 valence electrons. The highest BCUT2D eigenvalue weighted by molar-refractivity contribution is 6.43. The Morgan fingerprint density at radius 1 is 1.17 bits per heavy atom. The maximum absolute atomic E-state index is 17.4. The van der Waals surface area contributed by atoms with E-state index in [9.17, 15) is 19.6 Å². The number of aliphatic hydroxyl groups is 1. The highest BCUT2D eigenvalue weighted by Crippen LogP contribution is 2.52. The number of benzene rings is 2. The Balaban J connectivity index is 1.30. The molecule has 1 amide bonds. The van der Waals surface area contributed by atoms with E-state index in [2.05, 4.69) is 20.9 Å². The van der Waals surface area contributed by atoms with Gasteiger partial charge in [0.2, 0.25) is 11.8 Å². The summed E-state index contributed by atoms with van der Waals surface area (Å²) in [5.74, 6) is -0.670. The highest BCUT2D eigenvalue weighted by atomic mass is 35.5. The van der Waals surface area contributed by atoms with Crippen LogP contribution in [0.25, 0.3) is 32.9 Å². The van der Waals surface area contributed by atoms with Crippen LogP contribution in [0.1, 0.15) is 81.1 Å². The number of aromatic nitrogens is 3. The SMILES string of the molecule is C[C@@H]1[C@@H](Oc2cc(F)ccn2)C[C@H](c2cc3c([C@@H](C)O)nc4c(F)c(-c5cccc(Cl)c5Cl)c(CCC#N)cc4c3n2[C@H]2[C@H]3CN[C@@H]2C3)N1C(=O)C1CC1. The van der Waals surface area contributed by atoms with Crippen molar-refractivity contribution in [1.29, 1.82) is 5.26 Å². The molecule has 7 atom stereocenters. The first-order chi connectivity index (χ1) is 26.0. The first-order valence-electron chi connectivity index (χ1n) is 18.6. The number of amides is 1. The molecule has 2 saturated carbocycles. The number of hydrogen-bond acceptors (Lipinski definition) is 7. The lowest BCUT2D eigenvalue weighted by atomic mass is 9.79. The summed E-state index contributed by atoms with van der Waals surface area (Å²) in [4.78, 5) is 25.2. The summed E-state index contributed by atoms with van der Waals surface area (Å²) in [6.45, 7) is 4.40. The summed E-state index contributed by atoms with van der Waals surface area (Å²) < 4.78 is 40.2. The van der Waals surface area contributed by atoms with Crippen LogP contribution in [-0.2, 0) is 11.2 Å². The van der Waals surface area contributed by atoms with Crippen LogP contribution in [0.15, 0.2) is 48.7 Å². The molecule has 5 aliphatic rings. The number of aliphatic hydroxyl groups excluding tert-OH is 1. The molecule has 0 spiro atoms. The number of pyridine rings is 2. The molecule has 5 fully saturated rings. The molecule has 3 aliphatic heterocycles. The number of likely N-dealkylation sites (tertiary alicyclic amines) is 1. The van der Waals surface area contributed by atoms with Crippen LogP contribution in [0.4, 0.5) is 8.78 Å². The Morgan fingerprint density at radius 3 is 2.67 bits per heavy atom. The summed E-state index contributed by atoms with van der Waals surface area (Å²) in [6, 6.07) is 13.0. The van der Waals surface area contributed by atoms with E-state index in [1.54, 1.807) is 25.1 Å². The van der Waals surface area contributed by atoms with Gasteiger partial charge in [-0.3, -0.25) is 4.79 Å². The number of aryl methyl sites for hydroxylation is 1. The zero-order chi connectivity index (χ0) is 37.6. The van der Waals surface area contributed by atoms with Crippen molar-refractivity contribution < 1.29 is 23.4 Å². The Labute approximate surface area is 320 Å². The van der Waals surface area contributed by atoms with Gasteiger partial charge in [0.1, 0.15) is 17.4 Å². The minimum absolute atomic E-state index is 0.00402. The third kappa shape index (κ3) is 5.64. The number of nitriles is 1. The van der Waals surface area contributed by atoms with Crippen LogP contribution in [0.3, 0.4) is 0 Å². The maximum atomic E-state index is 17.4. The van der Waals surface area contributed by atoms with Gasteiger partial charge in [-0.05, 0) is 75.3 Å². The fourth-order valence-electron chi connectivity index (χ4n) is 9.19. The normalized spacial score (nSPS) is 25.3. The Hall–Kier alpha value is -4.34. The number of hydrogen-bond donors (Lipinski definition) is 2. The fraction of sp³-hybridized carbons (Fsp3) is 0.415. The van der Waals surface area contributed by atoms with Crippen LogP contribution in [0, 0.1) is 34.8 Å². The van der Waals surface area contributed by atoms with Crippen molar-refractivity contribution in [3.8, 4) is 23.1 Å². The van der Waals surface area contributed by atoms with Crippen molar-refractivity contribution in [2.45, 2.75) is 88.7 Å². The number of nitrogens with one attached hydrogen (secondary N) is 1. The Bertz CT molecular complexity index is 2380. The molecule has 13 heteroatoms. The predicted molar refractivity (Wildman–Crippen MR) is 201 cm³/mol. The van der Waals surface area contributed by atoms with E-state index < -0.39 is 29.9 Å². The summed E-state index contributed by atoms with van der Waals surface area (Å²) in [5, 5.41) is 26.2. The lowest BCUT2D eigenvalue weighted by Crippen LogP contribution is -2.43. The van der Waals surface area contributed by atoms with Gasteiger partial charge in [0, 0.05) is 71.2 Å². The van der Waals surface area contributed by atoms with Gasteiger partial charge < -0.3 is 24.6 Å². The monoisotopic (exact) mass is 770 g/mol. The number of nitrogens with zero attached hydrogens (tertiary/aromatic N) is 5. The predicted octanol–water partition coefficient (Wildman–Crippen LogP) is 8.40. The van der Waals surface area contributed by atoms with Crippen molar-refractivity contribution in [3.05, 3.63) is 87.3 Å². The molecular formula is C41H38Cl2F2N6O3. The summed E-state index contributed by atoms with van der Waals surface area (Å²) >= 11 is 13.1. The van der Waals surface area contributed by atoms with E-state index in [1.807, 2.05) is 24.0 Å². The van der Waals surface area contributed by atoms with Crippen molar-refractivity contribution in [2.75, 3.05) is 6.54 Å². The van der Waals surface area contributed by atoms with E-state index in [0.717, 1.165) is 37.0 Å². The second-order valence-electron chi connectivity index (χ2n) is 15.2. The summed E-state index contributed by atoms with van der Waals surface area (Å²) in [7, 11) is 0. The van der Waals surface area contributed by atoms with Gasteiger partial charge in [0.15, 0.2) is 5.82 Å². The van der Waals surface area contributed by atoms with E-state index in [4.69, 9.17) is 32.9 Å². The first kappa shape index (κ1) is 35.4. The molecule has 3 saturated heterocycles. The van der Waals surface area contributed by atoms with Crippen LogP contribution >= 0.6 is 23.2 Å². The van der Waals surface area contributed by atoms with Crippen LogP contribution in [-0.4, -0.2) is 55.2 Å². The molecule has 54 heavy (non-hydrogen) atoms. The summed E-state index contributed by atoms with van der Waals surface area (Å²) in [5.41, 5.74) is 3.14. The van der Waals surface area contributed by atoms with E-state index in [-0.39, 0.29) is 69.8 Å². The van der Waals surface area contributed by atoms with E-state index >= 15 is 4.39 Å². The van der Waals surface area contributed by atoms with Gasteiger partial charge in [-0.25, -0.2) is 18.7 Å². The third-order valence-corrected chi connectivity index (χ3v) is 12.7. The number of carbonyl (C=O) groups is 1. The molecule has 0 radical (unpaired) electrons. The first-order valence-corrected chi connectivity index (χ1v) is 19.3. The van der Waals surface area contributed by atoms with Crippen molar-refractivity contribution in [3.63, 3.8) is 0 Å². The quantitative estimate of drug-likeness (QED) is 0.155. The average molecular weight is 772 g/mol. The fourth-order valence-corrected chi connectivity index (χ4v) is 9.59. The Kier molecular flexibility index (Phi) is 8.81. The molecule has 3 aromatic heterocycles. The highest BCUT2D eigenvalue weighted by Gasteiger charge is 2.53. The molecule has 5 aromatic rings. The van der Waals surface area contributed by atoms with Gasteiger partial charge in [-0.1, -0.05) is 35.3 Å². The molecule has 2 bridgehead atoms. The molecule has 0 unspecified atom stereocenters. The zero-order valence-electron chi connectivity index (χ0n) is 29.7. The van der Waals surface area contributed by atoms with Crippen molar-refractivity contribution in [1.82, 2.24) is 24.8 Å². The molecule has 6 heterocycles. The lowest BCUT2D eigenvalue weighted by Gasteiger charge is -2.39. The van der Waals surface area contributed by atoms with Gasteiger partial charge >= 0.3 is 0 Å². The van der Waals surface area contributed by atoms with Crippen molar-refractivity contribution in [2.24, 2.45) is 11.8 Å². The van der Waals surface area contributed by atoms with Gasteiger partial charge in [0.25, 0.3) is 0 Å². The van der Waals surface area contributed by atoms with Gasteiger partial charge in [0.05, 0.1) is 51.6 Å². The molecule has 2 N–H and O–H groups in total. The number of ether oxygens (including phenoxy) is 1. The van der Waals surface area contributed by atoms with Crippen LogP contribution in [0.5, 0.6) is 5.88 Å². The molecule has 2 aromatic carbocycles. The van der Waals surface area contributed by atoms with Crippen molar-refractivity contribution >= 4 is 50.9 Å². The smallest absolute Gasteiger partial charge is 0.226 e. The van der Waals surface area contributed by atoms with E-state index in [1.165, 1.54) is 18.3 Å². The third-order valence-electron chi connectivity index (χ3n) is 11.9. The topological polar surface area (TPSA) is 116 Å². The molecule has 2 aliphatic carbocycles. The standard InChI is InChI=1S/C41H38Cl2F2N6O3/c1-19-32(54-33-15-24(44)10-12-47-33)17-31(50(19)41(53)21-8-9-21)30-16-27-37(20(2)52)49-38-26(40(27)51(30)39-23-14-29(39)48-18-23)13-22(5-4-11-46)34(36(38)45)25-6-3-7-28(42)35(25)43/h3,6-7,10,12-13,15-16,19-21,23,29,31-32,39,48,52H,4-5,8-9,14,17-18H2,1-2H3/t19-,20-,23-,29-,31-,32+,39+/m1/s1. The number of rotatable bonds is 9. The maximum Gasteiger partial charge on any atom is 0.226 e. The minimum atomic E-state index is -1.06. The average Bonchev–Trinajstić information content (AvgIpc) is 3.40. The van der Waals surface area contributed by atoms with Crippen LogP contribution < -0.4 is 10.1 Å². The molecule has 10 rings (SSSR count). The zero-order valence-corrected chi connectivity index (χ0v) is 31.2. The number of halogens is 4. The largest absolute Gasteiger partial charge is 0.472 e. The Morgan fingerprint density at radius 2 is 1.98 bits per heavy atom. The minimum Gasteiger partial charge on any atom is -0.472 e. The second kappa shape index (κ2) is 13.4. The lowest BCUT2D eigenvalue weighted by molar-refractivity contribution is -0.136. The van der Waals surface area contributed by atoms with Gasteiger partial charge in [-0.2, -0.15) is 5.26 Å². The molecular weight excluding hydrogens is 733 g/mol. The van der Waals surface area contributed by atoms with Crippen LogP contribution in [0.2, 0.25) is 10.0 Å².